The summed E-state index contributed by atoms with van der Waals surface area (Å²) in [6, 6.07) is 0. The highest BCUT2D eigenvalue weighted by atomic mass is 16.5. The molecule has 0 aliphatic heterocycles. The Morgan fingerprint density at radius 2 is 2.12 bits per heavy atom. The van der Waals surface area contributed by atoms with Crippen molar-refractivity contribution in [3.63, 3.8) is 0 Å². The van der Waals surface area contributed by atoms with Crippen LogP contribution in [-0.2, 0) is 4.74 Å². The predicted molar refractivity (Wildman–Crippen MR) is 61.2 cm³/mol. The van der Waals surface area contributed by atoms with E-state index in [-0.39, 0.29) is 12.5 Å². The Hall–Kier alpha value is -1.40. The minimum absolute atomic E-state index is 0.172. The summed E-state index contributed by atoms with van der Waals surface area (Å²) in [6.07, 6.45) is 1.48. The molecule has 6 heteroatoms. The van der Waals surface area contributed by atoms with Crippen LogP contribution in [-0.4, -0.2) is 42.5 Å². The van der Waals surface area contributed by atoms with Crippen LogP contribution < -0.4 is 9.47 Å². The van der Waals surface area contributed by atoms with Crippen LogP contribution in [0.25, 0.3) is 0 Å². The number of aliphatic hydroxyl groups is 1. The number of aromatic nitrogens is 2. The molecule has 0 saturated heterocycles. The quantitative estimate of drug-likeness (QED) is 0.718. The SMILES string of the molecule is CCCOCC(O)c1ncc(OC)nc1OC. The fraction of sp³-hybridized carbons (Fsp3) is 0.636. The highest BCUT2D eigenvalue weighted by Gasteiger charge is 2.17. The zero-order valence-corrected chi connectivity index (χ0v) is 10.3. The van der Waals surface area contributed by atoms with E-state index in [4.69, 9.17) is 14.2 Å². The molecule has 0 amide bonds. The van der Waals surface area contributed by atoms with Gasteiger partial charge in [-0.3, -0.25) is 0 Å². The molecule has 1 unspecified atom stereocenters. The number of methoxy groups -OCH3 is 2. The molecule has 0 aliphatic carbocycles. The number of hydrogen-bond acceptors (Lipinski definition) is 6. The second kappa shape index (κ2) is 7.03. The summed E-state index contributed by atoms with van der Waals surface area (Å²) in [6.45, 7) is 2.77. The molecular formula is C11H18N2O4. The first-order chi connectivity index (χ1) is 8.22. The van der Waals surface area contributed by atoms with Crippen molar-refractivity contribution < 1.29 is 19.3 Å². The monoisotopic (exact) mass is 242 g/mol. The molecule has 0 saturated carbocycles. The van der Waals surface area contributed by atoms with Crippen LogP contribution in [0.3, 0.4) is 0 Å². The zero-order chi connectivity index (χ0) is 12.7. The molecule has 17 heavy (non-hydrogen) atoms. The minimum atomic E-state index is -0.852. The molecule has 1 heterocycles. The van der Waals surface area contributed by atoms with Gasteiger partial charge in [0, 0.05) is 6.61 Å². The molecule has 6 nitrogen and oxygen atoms in total. The summed E-state index contributed by atoms with van der Waals surface area (Å²) in [5.41, 5.74) is 0.351. The molecular weight excluding hydrogens is 224 g/mol. The number of ether oxygens (including phenoxy) is 3. The first-order valence-electron chi connectivity index (χ1n) is 5.43. The molecule has 1 atom stereocenters. The summed E-state index contributed by atoms with van der Waals surface area (Å²) in [5, 5.41) is 9.87. The van der Waals surface area contributed by atoms with Gasteiger partial charge in [0.25, 0.3) is 0 Å². The fourth-order valence-corrected chi connectivity index (χ4v) is 1.26. The van der Waals surface area contributed by atoms with Crippen LogP contribution in [0.2, 0.25) is 0 Å². The Balaban J connectivity index is 2.74. The van der Waals surface area contributed by atoms with Gasteiger partial charge in [-0.25, -0.2) is 4.98 Å². The van der Waals surface area contributed by atoms with Crippen molar-refractivity contribution in [3.8, 4) is 11.8 Å². The van der Waals surface area contributed by atoms with Crippen molar-refractivity contribution >= 4 is 0 Å². The molecule has 1 rings (SSSR count). The second-order valence-corrected chi connectivity index (χ2v) is 3.40. The molecule has 0 radical (unpaired) electrons. The van der Waals surface area contributed by atoms with Gasteiger partial charge in [0.2, 0.25) is 11.8 Å². The average Bonchev–Trinajstić information content (AvgIpc) is 2.38. The topological polar surface area (TPSA) is 73.7 Å². The van der Waals surface area contributed by atoms with E-state index >= 15 is 0 Å². The van der Waals surface area contributed by atoms with Crippen LogP contribution >= 0.6 is 0 Å². The van der Waals surface area contributed by atoms with Gasteiger partial charge in [-0.15, -0.1) is 0 Å². The van der Waals surface area contributed by atoms with E-state index in [1.807, 2.05) is 6.92 Å². The smallest absolute Gasteiger partial charge is 0.241 e. The van der Waals surface area contributed by atoms with E-state index in [2.05, 4.69) is 9.97 Å². The van der Waals surface area contributed by atoms with Crippen LogP contribution in [0.15, 0.2) is 6.20 Å². The van der Waals surface area contributed by atoms with Gasteiger partial charge in [-0.1, -0.05) is 6.92 Å². The fourth-order valence-electron chi connectivity index (χ4n) is 1.26. The van der Waals surface area contributed by atoms with Gasteiger partial charge >= 0.3 is 0 Å². The molecule has 0 aromatic carbocycles. The maximum absolute atomic E-state index is 9.87. The lowest BCUT2D eigenvalue weighted by Crippen LogP contribution is -2.12. The van der Waals surface area contributed by atoms with Gasteiger partial charge in [0.05, 0.1) is 27.0 Å². The summed E-state index contributed by atoms with van der Waals surface area (Å²) in [7, 11) is 2.95. The lowest BCUT2D eigenvalue weighted by Gasteiger charge is -2.13. The van der Waals surface area contributed by atoms with E-state index in [1.54, 1.807) is 0 Å². The maximum atomic E-state index is 9.87. The normalized spacial score (nSPS) is 12.2. The van der Waals surface area contributed by atoms with Gasteiger partial charge in [-0.2, -0.15) is 4.98 Å². The minimum Gasteiger partial charge on any atom is -0.480 e. The molecule has 1 N–H and O–H groups in total. The number of aliphatic hydroxyl groups excluding tert-OH is 1. The van der Waals surface area contributed by atoms with Crippen molar-refractivity contribution in [1.29, 1.82) is 0 Å². The van der Waals surface area contributed by atoms with Gasteiger partial charge in [-0.05, 0) is 6.42 Å². The molecule has 0 aliphatic rings. The summed E-state index contributed by atoms with van der Waals surface area (Å²) < 4.78 is 15.2. The maximum Gasteiger partial charge on any atom is 0.241 e. The van der Waals surface area contributed by atoms with Gasteiger partial charge < -0.3 is 19.3 Å². The van der Waals surface area contributed by atoms with Crippen LogP contribution in [0.5, 0.6) is 11.8 Å². The van der Waals surface area contributed by atoms with Gasteiger partial charge in [0.1, 0.15) is 11.8 Å². The van der Waals surface area contributed by atoms with E-state index < -0.39 is 6.10 Å². The standard InChI is InChI=1S/C11H18N2O4/c1-4-5-17-7-8(14)10-11(16-3)13-9(15-2)6-12-10/h6,8,14H,4-5,7H2,1-3H3. The Morgan fingerprint density at radius 1 is 1.35 bits per heavy atom. The molecule has 1 aromatic heterocycles. The average molecular weight is 242 g/mol. The number of nitrogens with zero attached hydrogens (tertiary/aromatic N) is 2. The molecule has 0 spiro atoms. The van der Waals surface area contributed by atoms with E-state index in [9.17, 15) is 5.11 Å². The van der Waals surface area contributed by atoms with E-state index in [0.717, 1.165) is 6.42 Å². The third kappa shape index (κ3) is 3.83. The van der Waals surface area contributed by atoms with Crippen LogP contribution in [0, 0.1) is 0 Å². The van der Waals surface area contributed by atoms with Crippen molar-refractivity contribution in [2.75, 3.05) is 27.4 Å². The highest BCUT2D eigenvalue weighted by Crippen LogP contribution is 2.23. The lowest BCUT2D eigenvalue weighted by atomic mass is 10.2. The third-order valence-corrected chi connectivity index (χ3v) is 2.09. The predicted octanol–water partition coefficient (Wildman–Crippen LogP) is 0.954. The van der Waals surface area contributed by atoms with Crippen molar-refractivity contribution in [2.45, 2.75) is 19.4 Å². The van der Waals surface area contributed by atoms with Crippen LogP contribution in [0.1, 0.15) is 25.1 Å². The number of rotatable bonds is 7. The first kappa shape index (κ1) is 13.7. The molecule has 0 bridgehead atoms. The third-order valence-electron chi connectivity index (χ3n) is 2.09. The first-order valence-corrected chi connectivity index (χ1v) is 5.43. The van der Waals surface area contributed by atoms with Crippen molar-refractivity contribution in [3.05, 3.63) is 11.9 Å². The summed E-state index contributed by atoms with van der Waals surface area (Å²) in [4.78, 5) is 8.09. The Labute approximate surface area is 101 Å². The van der Waals surface area contributed by atoms with Gasteiger partial charge in [0.15, 0.2) is 0 Å². The number of hydrogen-bond donors (Lipinski definition) is 1. The Morgan fingerprint density at radius 3 is 2.71 bits per heavy atom. The summed E-state index contributed by atoms with van der Waals surface area (Å²) in [5.74, 6) is 0.587. The Kier molecular flexibility index (Phi) is 5.65. The molecule has 96 valence electrons. The highest BCUT2D eigenvalue weighted by molar-refractivity contribution is 5.24. The van der Waals surface area contributed by atoms with Crippen LogP contribution in [0.4, 0.5) is 0 Å². The summed E-state index contributed by atoms with van der Waals surface area (Å²) >= 11 is 0. The second-order valence-electron chi connectivity index (χ2n) is 3.40. The van der Waals surface area contributed by atoms with Crippen molar-refractivity contribution in [1.82, 2.24) is 9.97 Å². The zero-order valence-electron chi connectivity index (χ0n) is 10.3. The Bertz CT molecular complexity index is 346. The largest absolute Gasteiger partial charge is 0.480 e. The lowest BCUT2D eigenvalue weighted by molar-refractivity contribution is 0.0325. The van der Waals surface area contributed by atoms with E-state index in [1.165, 1.54) is 20.4 Å². The molecule has 1 aromatic rings. The van der Waals surface area contributed by atoms with E-state index in [0.29, 0.717) is 18.2 Å². The molecule has 0 fully saturated rings. The van der Waals surface area contributed by atoms with Crippen molar-refractivity contribution in [2.24, 2.45) is 0 Å².